The predicted octanol–water partition coefficient (Wildman–Crippen LogP) is 1.08. The molecule has 7 heteroatoms. The number of nitrogens with two attached hydrogens (primary N) is 2. The lowest BCUT2D eigenvalue weighted by molar-refractivity contribution is -0.116. The molecule has 104 valence electrons. The number of benzene rings is 1. The van der Waals surface area contributed by atoms with Gasteiger partial charge in [0.05, 0.1) is 24.5 Å². The summed E-state index contributed by atoms with van der Waals surface area (Å²) in [5.74, 6) is 0.394. The van der Waals surface area contributed by atoms with Gasteiger partial charge in [-0.3, -0.25) is 4.79 Å². The second-order valence-electron chi connectivity index (χ2n) is 4.49. The number of nitrogen functional groups attached to an aromatic ring is 1. The van der Waals surface area contributed by atoms with Crippen LogP contribution in [-0.2, 0) is 4.79 Å². The van der Waals surface area contributed by atoms with Crippen molar-refractivity contribution in [3.8, 4) is 17.0 Å². The van der Waals surface area contributed by atoms with E-state index in [1.54, 1.807) is 0 Å². The first-order valence-corrected chi connectivity index (χ1v) is 7.03. The van der Waals surface area contributed by atoms with E-state index in [4.69, 9.17) is 16.2 Å². The molecule has 0 unspecified atom stereocenters. The Balaban J connectivity index is 1.99. The molecule has 0 saturated carbocycles. The Kier molecular flexibility index (Phi) is 3.19. The van der Waals surface area contributed by atoms with Gasteiger partial charge in [0.15, 0.2) is 5.13 Å². The summed E-state index contributed by atoms with van der Waals surface area (Å²) in [6, 6.07) is 5.76. The number of aromatic nitrogens is 1. The first kappa shape index (κ1) is 12.7. The van der Waals surface area contributed by atoms with Gasteiger partial charge in [0.25, 0.3) is 0 Å². The van der Waals surface area contributed by atoms with E-state index in [2.05, 4.69) is 4.98 Å². The minimum absolute atomic E-state index is 0.180. The van der Waals surface area contributed by atoms with Gasteiger partial charge in [-0.25, -0.2) is 4.98 Å². The fraction of sp³-hybridized carbons (Fsp3) is 0.231. The van der Waals surface area contributed by atoms with E-state index in [1.807, 2.05) is 28.5 Å². The second-order valence-corrected chi connectivity index (χ2v) is 5.38. The van der Waals surface area contributed by atoms with E-state index in [9.17, 15) is 4.79 Å². The molecular weight excluding hydrogens is 276 g/mol. The van der Waals surface area contributed by atoms with Crippen molar-refractivity contribution in [1.29, 1.82) is 0 Å². The van der Waals surface area contributed by atoms with Crippen LogP contribution < -0.4 is 21.1 Å². The maximum Gasteiger partial charge on any atom is 0.236 e. The summed E-state index contributed by atoms with van der Waals surface area (Å²) in [5, 5.41) is 2.43. The van der Waals surface area contributed by atoms with Gasteiger partial charge in [0.2, 0.25) is 5.91 Å². The van der Waals surface area contributed by atoms with E-state index in [1.165, 1.54) is 11.3 Å². The maximum atomic E-state index is 11.1. The maximum absolute atomic E-state index is 11.1. The third-order valence-electron chi connectivity index (χ3n) is 3.08. The van der Waals surface area contributed by atoms with Gasteiger partial charge in [-0.1, -0.05) is 0 Å². The molecule has 3 rings (SSSR count). The molecule has 1 amide bonds. The van der Waals surface area contributed by atoms with E-state index >= 15 is 0 Å². The van der Waals surface area contributed by atoms with Crippen molar-refractivity contribution in [2.75, 3.05) is 30.3 Å². The fourth-order valence-electron chi connectivity index (χ4n) is 2.20. The molecule has 0 spiro atoms. The predicted molar refractivity (Wildman–Crippen MR) is 78.9 cm³/mol. The second kappa shape index (κ2) is 5.01. The summed E-state index contributed by atoms with van der Waals surface area (Å²) >= 11 is 1.40. The number of carbonyl (C=O) groups excluding carboxylic acids is 1. The number of ether oxygens (including phenoxy) is 1. The topological polar surface area (TPSA) is 94.5 Å². The highest BCUT2D eigenvalue weighted by atomic mass is 32.1. The van der Waals surface area contributed by atoms with Gasteiger partial charge < -0.3 is 21.1 Å². The summed E-state index contributed by atoms with van der Waals surface area (Å²) < 4.78 is 5.60. The van der Waals surface area contributed by atoms with E-state index < -0.39 is 0 Å². The zero-order chi connectivity index (χ0) is 14.1. The van der Waals surface area contributed by atoms with Crippen LogP contribution in [0, 0.1) is 0 Å². The standard InChI is InChI=1S/C13H14N4O2S/c14-12(18)6-17-3-4-19-11-2-1-8(5-10(11)17)9-7-20-13(15)16-9/h1-2,5,7H,3-4,6H2,(H2,14,18)(H2,15,16). The Bertz CT molecular complexity index is 656. The molecule has 6 nitrogen and oxygen atoms in total. The number of thiazole rings is 1. The van der Waals surface area contributed by atoms with Crippen LogP contribution in [0.25, 0.3) is 11.3 Å². The molecule has 1 aromatic heterocycles. The molecule has 1 aliphatic rings. The van der Waals surface area contributed by atoms with Gasteiger partial charge in [0, 0.05) is 10.9 Å². The quantitative estimate of drug-likeness (QED) is 0.882. The van der Waals surface area contributed by atoms with Crippen LogP contribution in [0.5, 0.6) is 5.75 Å². The van der Waals surface area contributed by atoms with E-state index in [0.717, 1.165) is 22.7 Å². The average Bonchev–Trinajstić information content (AvgIpc) is 2.85. The third-order valence-corrected chi connectivity index (χ3v) is 3.76. The van der Waals surface area contributed by atoms with E-state index in [-0.39, 0.29) is 12.5 Å². The summed E-state index contributed by atoms with van der Waals surface area (Å²) in [6.45, 7) is 1.36. The number of fused-ring (bicyclic) bond motifs is 1. The van der Waals surface area contributed by atoms with Crippen molar-refractivity contribution in [3.05, 3.63) is 23.6 Å². The Morgan fingerprint density at radius 2 is 2.35 bits per heavy atom. The van der Waals surface area contributed by atoms with Crippen molar-refractivity contribution in [1.82, 2.24) is 4.98 Å². The van der Waals surface area contributed by atoms with Crippen molar-refractivity contribution >= 4 is 28.1 Å². The van der Waals surface area contributed by atoms with Gasteiger partial charge in [-0.2, -0.15) is 0 Å². The molecule has 1 aromatic carbocycles. The number of rotatable bonds is 3. The van der Waals surface area contributed by atoms with E-state index in [0.29, 0.717) is 18.3 Å². The average molecular weight is 290 g/mol. The minimum Gasteiger partial charge on any atom is -0.490 e. The lowest BCUT2D eigenvalue weighted by Crippen LogP contribution is -2.39. The molecule has 0 radical (unpaired) electrons. The highest BCUT2D eigenvalue weighted by Crippen LogP contribution is 2.35. The highest BCUT2D eigenvalue weighted by molar-refractivity contribution is 7.13. The van der Waals surface area contributed by atoms with Gasteiger partial charge in [0.1, 0.15) is 12.4 Å². The Hall–Kier alpha value is -2.28. The minimum atomic E-state index is -0.360. The smallest absolute Gasteiger partial charge is 0.236 e. The normalized spacial score (nSPS) is 13.7. The summed E-state index contributed by atoms with van der Waals surface area (Å²) in [6.07, 6.45) is 0. The molecule has 1 aliphatic heterocycles. The molecule has 0 aliphatic carbocycles. The molecule has 0 fully saturated rings. The molecule has 4 N–H and O–H groups in total. The van der Waals surface area contributed by atoms with Crippen LogP contribution in [0.4, 0.5) is 10.8 Å². The number of nitrogens with zero attached hydrogens (tertiary/aromatic N) is 2. The summed E-state index contributed by atoms with van der Waals surface area (Å²) in [7, 11) is 0. The number of hydrogen-bond donors (Lipinski definition) is 2. The molecule has 0 saturated heterocycles. The highest BCUT2D eigenvalue weighted by Gasteiger charge is 2.20. The number of hydrogen-bond acceptors (Lipinski definition) is 6. The van der Waals surface area contributed by atoms with Crippen molar-refractivity contribution in [2.24, 2.45) is 5.73 Å². The Morgan fingerprint density at radius 3 is 3.05 bits per heavy atom. The number of amides is 1. The molecule has 2 aromatic rings. The molecule has 20 heavy (non-hydrogen) atoms. The van der Waals surface area contributed by atoms with Crippen LogP contribution in [0.1, 0.15) is 0 Å². The van der Waals surface area contributed by atoms with Crippen LogP contribution in [0.3, 0.4) is 0 Å². The van der Waals surface area contributed by atoms with Gasteiger partial charge in [-0.15, -0.1) is 11.3 Å². The first-order chi connectivity index (χ1) is 9.63. The summed E-state index contributed by atoms with van der Waals surface area (Å²) in [5.41, 5.74) is 13.6. The zero-order valence-corrected chi connectivity index (χ0v) is 11.5. The first-order valence-electron chi connectivity index (χ1n) is 6.15. The molecule has 0 bridgehead atoms. The Labute approximate surface area is 120 Å². The molecule has 0 atom stereocenters. The largest absolute Gasteiger partial charge is 0.490 e. The van der Waals surface area contributed by atoms with Gasteiger partial charge in [-0.05, 0) is 18.2 Å². The van der Waals surface area contributed by atoms with Gasteiger partial charge >= 0.3 is 0 Å². The SMILES string of the molecule is NC(=O)CN1CCOc2ccc(-c3csc(N)n3)cc21. The van der Waals surface area contributed by atoms with Crippen LogP contribution in [0.2, 0.25) is 0 Å². The summed E-state index contributed by atoms with van der Waals surface area (Å²) in [4.78, 5) is 17.3. The molecule has 2 heterocycles. The third kappa shape index (κ3) is 2.39. The van der Waals surface area contributed by atoms with Crippen LogP contribution >= 0.6 is 11.3 Å². The lowest BCUT2D eigenvalue weighted by atomic mass is 10.1. The van der Waals surface area contributed by atoms with Crippen molar-refractivity contribution < 1.29 is 9.53 Å². The molecular formula is C13H14N4O2S. The number of anilines is 2. The lowest BCUT2D eigenvalue weighted by Gasteiger charge is -2.30. The monoisotopic (exact) mass is 290 g/mol. The fourth-order valence-corrected chi connectivity index (χ4v) is 2.78. The van der Waals surface area contributed by atoms with Crippen LogP contribution in [-0.4, -0.2) is 30.6 Å². The number of carbonyl (C=O) groups is 1. The van der Waals surface area contributed by atoms with Crippen molar-refractivity contribution in [2.45, 2.75) is 0 Å². The van der Waals surface area contributed by atoms with Crippen LogP contribution in [0.15, 0.2) is 23.6 Å². The number of primary amides is 1. The zero-order valence-electron chi connectivity index (χ0n) is 10.7. The Morgan fingerprint density at radius 1 is 1.50 bits per heavy atom. The van der Waals surface area contributed by atoms with Crippen molar-refractivity contribution in [3.63, 3.8) is 0 Å².